The number of hydrogen-bond acceptors (Lipinski definition) is 5. The van der Waals surface area contributed by atoms with Crippen molar-refractivity contribution in [3.8, 4) is 0 Å². The highest BCUT2D eigenvalue weighted by Crippen LogP contribution is 2.34. The Balaban J connectivity index is 1.91. The molecular weight excluding hydrogens is 318 g/mol. The highest BCUT2D eigenvalue weighted by molar-refractivity contribution is 5.77. The second kappa shape index (κ2) is 7.09. The molecule has 3 rings (SSSR count). The van der Waals surface area contributed by atoms with Gasteiger partial charge < -0.3 is 10.1 Å². The van der Waals surface area contributed by atoms with Crippen LogP contribution in [0.2, 0.25) is 0 Å². The predicted octanol–water partition coefficient (Wildman–Crippen LogP) is 1.46. The number of fused-ring (bicyclic) bond motifs is 1. The molecule has 1 atom stereocenters. The summed E-state index contributed by atoms with van der Waals surface area (Å²) in [6.45, 7) is 6.25. The van der Waals surface area contributed by atoms with Gasteiger partial charge in [-0.1, -0.05) is 0 Å². The fourth-order valence-corrected chi connectivity index (χ4v) is 3.94. The van der Waals surface area contributed by atoms with Crippen molar-refractivity contribution in [1.82, 2.24) is 24.8 Å². The number of carbonyl (C=O) groups excluding carboxylic acids is 1. The molecule has 136 valence electrons. The van der Waals surface area contributed by atoms with Gasteiger partial charge in [-0.25, -0.2) is 9.50 Å². The molecule has 25 heavy (non-hydrogen) atoms. The van der Waals surface area contributed by atoms with Crippen LogP contribution in [-0.4, -0.2) is 58.3 Å². The van der Waals surface area contributed by atoms with Crippen LogP contribution in [0.1, 0.15) is 36.2 Å². The Morgan fingerprint density at radius 3 is 2.96 bits per heavy atom. The van der Waals surface area contributed by atoms with Gasteiger partial charge >= 0.3 is 0 Å². The minimum atomic E-state index is -0.262. The Hall–Kier alpha value is -1.99. The van der Waals surface area contributed by atoms with Crippen LogP contribution in [0.3, 0.4) is 0 Å². The lowest BCUT2D eigenvalue weighted by molar-refractivity contribution is -0.124. The van der Waals surface area contributed by atoms with E-state index in [4.69, 9.17) is 4.74 Å². The van der Waals surface area contributed by atoms with Crippen LogP contribution in [0.4, 0.5) is 0 Å². The van der Waals surface area contributed by atoms with Crippen molar-refractivity contribution in [2.24, 2.45) is 0 Å². The molecule has 0 bridgehead atoms. The Morgan fingerprint density at radius 2 is 2.24 bits per heavy atom. The Morgan fingerprint density at radius 1 is 1.44 bits per heavy atom. The molecule has 2 aromatic rings. The summed E-state index contributed by atoms with van der Waals surface area (Å²) < 4.78 is 7.38. The van der Waals surface area contributed by atoms with Gasteiger partial charge in [0.2, 0.25) is 5.91 Å². The SMILES string of the molecule is CNC(=O)C[C@]1(COC)CCCN1Cc1cnn2c(C)cc(C)nc12. The van der Waals surface area contributed by atoms with E-state index in [1.807, 2.05) is 30.6 Å². The van der Waals surface area contributed by atoms with Crippen molar-refractivity contribution >= 4 is 11.6 Å². The van der Waals surface area contributed by atoms with Crippen molar-refractivity contribution in [1.29, 1.82) is 0 Å². The summed E-state index contributed by atoms with van der Waals surface area (Å²) in [5.41, 5.74) is 3.79. The van der Waals surface area contributed by atoms with Crippen molar-refractivity contribution in [2.75, 3.05) is 27.3 Å². The number of amides is 1. The third kappa shape index (κ3) is 3.39. The monoisotopic (exact) mass is 345 g/mol. The van der Waals surface area contributed by atoms with Gasteiger partial charge in [-0.3, -0.25) is 9.69 Å². The zero-order valence-electron chi connectivity index (χ0n) is 15.5. The Labute approximate surface area is 148 Å². The van der Waals surface area contributed by atoms with Crippen LogP contribution >= 0.6 is 0 Å². The summed E-state index contributed by atoms with van der Waals surface area (Å²) in [6, 6.07) is 2.03. The summed E-state index contributed by atoms with van der Waals surface area (Å²) in [6.07, 6.45) is 4.36. The average Bonchev–Trinajstić information content (AvgIpc) is 3.13. The average molecular weight is 345 g/mol. The second-order valence-corrected chi connectivity index (χ2v) is 6.98. The topological polar surface area (TPSA) is 71.8 Å². The zero-order valence-corrected chi connectivity index (χ0v) is 15.5. The fraction of sp³-hybridized carbons (Fsp3) is 0.611. The van der Waals surface area contributed by atoms with Gasteiger partial charge in [0.15, 0.2) is 5.65 Å². The van der Waals surface area contributed by atoms with Gasteiger partial charge in [-0.2, -0.15) is 5.10 Å². The van der Waals surface area contributed by atoms with E-state index in [9.17, 15) is 4.79 Å². The highest BCUT2D eigenvalue weighted by atomic mass is 16.5. The molecule has 3 heterocycles. The maximum absolute atomic E-state index is 12.1. The molecule has 0 spiro atoms. The van der Waals surface area contributed by atoms with Crippen molar-refractivity contribution in [3.05, 3.63) is 29.2 Å². The third-order valence-electron chi connectivity index (χ3n) is 5.13. The molecule has 2 aromatic heterocycles. The minimum absolute atomic E-state index is 0.0497. The molecule has 1 amide bonds. The standard InChI is InChI=1S/C18H27N5O2/c1-13-8-14(2)23-17(21-13)15(10-20-23)11-22-7-5-6-18(22,12-25-4)9-16(24)19-3/h8,10H,5-7,9,11-12H2,1-4H3,(H,19,24)/t18-/m0/s1. The lowest BCUT2D eigenvalue weighted by Gasteiger charge is -2.37. The summed E-state index contributed by atoms with van der Waals surface area (Å²) in [4.78, 5) is 19.1. The van der Waals surface area contributed by atoms with Crippen LogP contribution in [0.5, 0.6) is 0 Å². The summed E-state index contributed by atoms with van der Waals surface area (Å²) >= 11 is 0. The predicted molar refractivity (Wildman–Crippen MR) is 95.4 cm³/mol. The van der Waals surface area contributed by atoms with Gasteiger partial charge in [0, 0.05) is 44.1 Å². The van der Waals surface area contributed by atoms with E-state index in [0.29, 0.717) is 13.0 Å². The molecule has 7 nitrogen and oxygen atoms in total. The summed E-state index contributed by atoms with van der Waals surface area (Å²) in [7, 11) is 3.38. The van der Waals surface area contributed by atoms with E-state index in [2.05, 4.69) is 20.3 Å². The minimum Gasteiger partial charge on any atom is -0.383 e. The van der Waals surface area contributed by atoms with Crippen molar-refractivity contribution in [3.63, 3.8) is 0 Å². The van der Waals surface area contributed by atoms with Gasteiger partial charge in [-0.05, 0) is 39.3 Å². The third-order valence-corrected chi connectivity index (χ3v) is 5.13. The molecule has 0 aliphatic carbocycles. The van der Waals surface area contributed by atoms with Gasteiger partial charge in [-0.15, -0.1) is 0 Å². The number of methoxy groups -OCH3 is 1. The van der Waals surface area contributed by atoms with E-state index in [0.717, 1.165) is 48.5 Å². The number of ether oxygens (including phenoxy) is 1. The van der Waals surface area contributed by atoms with E-state index in [1.165, 1.54) is 0 Å². The molecule has 0 unspecified atom stereocenters. The smallest absolute Gasteiger partial charge is 0.221 e. The summed E-state index contributed by atoms with van der Waals surface area (Å²) in [5, 5.41) is 7.24. The summed E-state index contributed by atoms with van der Waals surface area (Å²) in [5.74, 6) is 0.0497. The second-order valence-electron chi connectivity index (χ2n) is 6.98. The largest absolute Gasteiger partial charge is 0.383 e. The number of likely N-dealkylation sites (tertiary alicyclic amines) is 1. The first-order valence-electron chi connectivity index (χ1n) is 8.74. The van der Waals surface area contributed by atoms with E-state index in [-0.39, 0.29) is 11.4 Å². The number of aryl methyl sites for hydroxylation is 2. The maximum atomic E-state index is 12.1. The first-order chi connectivity index (χ1) is 12.0. The molecule has 1 fully saturated rings. The maximum Gasteiger partial charge on any atom is 0.221 e. The number of aromatic nitrogens is 3. The molecule has 1 saturated heterocycles. The number of nitrogens with zero attached hydrogens (tertiary/aromatic N) is 4. The van der Waals surface area contributed by atoms with E-state index in [1.54, 1.807) is 14.2 Å². The molecule has 1 N–H and O–H groups in total. The van der Waals surface area contributed by atoms with Gasteiger partial charge in [0.25, 0.3) is 0 Å². The molecule has 0 radical (unpaired) electrons. The number of carbonyl (C=O) groups is 1. The lowest BCUT2D eigenvalue weighted by atomic mass is 9.92. The van der Waals surface area contributed by atoms with Gasteiger partial charge in [0.05, 0.1) is 18.3 Å². The molecule has 7 heteroatoms. The number of hydrogen-bond donors (Lipinski definition) is 1. The van der Waals surface area contributed by atoms with E-state index < -0.39 is 0 Å². The van der Waals surface area contributed by atoms with Crippen LogP contribution in [0.15, 0.2) is 12.3 Å². The highest BCUT2D eigenvalue weighted by Gasteiger charge is 2.42. The Kier molecular flexibility index (Phi) is 5.06. The van der Waals surface area contributed by atoms with Crippen LogP contribution < -0.4 is 5.32 Å². The van der Waals surface area contributed by atoms with Crippen LogP contribution in [-0.2, 0) is 16.1 Å². The normalized spacial score (nSPS) is 21.1. The molecule has 0 aromatic carbocycles. The molecular formula is C18H27N5O2. The molecule has 0 saturated carbocycles. The quantitative estimate of drug-likeness (QED) is 0.858. The zero-order chi connectivity index (χ0) is 18.0. The first kappa shape index (κ1) is 17.8. The first-order valence-corrected chi connectivity index (χ1v) is 8.74. The van der Waals surface area contributed by atoms with Crippen LogP contribution in [0.25, 0.3) is 5.65 Å². The fourth-order valence-electron chi connectivity index (χ4n) is 3.94. The Bertz CT molecular complexity index is 772. The molecule has 1 aliphatic rings. The van der Waals surface area contributed by atoms with Gasteiger partial charge in [0.1, 0.15) is 0 Å². The number of nitrogens with one attached hydrogen (secondary N) is 1. The number of rotatable bonds is 6. The van der Waals surface area contributed by atoms with Crippen molar-refractivity contribution < 1.29 is 9.53 Å². The van der Waals surface area contributed by atoms with Crippen LogP contribution in [0, 0.1) is 13.8 Å². The molecule has 1 aliphatic heterocycles. The lowest BCUT2D eigenvalue weighted by Crippen LogP contribution is -2.49. The van der Waals surface area contributed by atoms with Crippen molar-refractivity contribution in [2.45, 2.75) is 45.2 Å². The van der Waals surface area contributed by atoms with E-state index >= 15 is 0 Å².